The molecular formula is C15H25N5. The molecule has 0 bridgehead atoms. The Balaban J connectivity index is 2.17. The van der Waals surface area contributed by atoms with Gasteiger partial charge >= 0.3 is 0 Å². The molecule has 20 heavy (non-hydrogen) atoms. The van der Waals surface area contributed by atoms with Gasteiger partial charge in [-0.05, 0) is 36.7 Å². The molecular weight excluding hydrogens is 250 g/mol. The first-order valence-electron chi connectivity index (χ1n) is 7.30. The monoisotopic (exact) mass is 275 g/mol. The molecule has 1 aliphatic rings. The molecule has 2 rings (SSSR count). The summed E-state index contributed by atoms with van der Waals surface area (Å²) in [6.07, 6.45) is 5.14. The van der Waals surface area contributed by atoms with E-state index >= 15 is 0 Å². The Morgan fingerprint density at radius 2 is 2.10 bits per heavy atom. The number of nitrogens with one attached hydrogen (secondary N) is 1. The first kappa shape index (κ1) is 14.8. The van der Waals surface area contributed by atoms with E-state index in [4.69, 9.17) is 11.1 Å². The van der Waals surface area contributed by atoms with Gasteiger partial charge in [0.05, 0.1) is 11.8 Å². The summed E-state index contributed by atoms with van der Waals surface area (Å²) in [5, 5.41) is 15.8. The lowest BCUT2D eigenvalue weighted by Crippen LogP contribution is -2.29. The molecule has 1 aliphatic heterocycles. The smallest absolute Gasteiger partial charge is 0.162 e. The van der Waals surface area contributed by atoms with Crippen LogP contribution in [0, 0.1) is 16.7 Å². The molecule has 0 amide bonds. The van der Waals surface area contributed by atoms with Gasteiger partial charge in [0.1, 0.15) is 5.84 Å². The number of anilines is 1. The molecule has 1 atom stereocenters. The number of hydrogen-bond donors (Lipinski definition) is 2. The topological polar surface area (TPSA) is 78.9 Å². The van der Waals surface area contributed by atoms with Gasteiger partial charge in [-0.1, -0.05) is 20.8 Å². The van der Waals surface area contributed by atoms with Crippen molar-refractivity contribution in [3.8, 4) is 0 Å². The molecule has 0 radical (unpaired) electrons. The average Bonchev–Trinajstić information content (AvgIpc) is 2.63. The van der Waals surface area contributed by atoms with Crippen molar-refractivity contribution in [2.24, 2.45) is 17.1 Å². The zero-order valence-corrected chi connectivity index (χ0v) is 12.7. The summed E-state index contributed by atoms with van der Waals surface area (Å²) in [5.74, 6) is 1.55. The van der Waals surface area contributed by atoms with Gasteiger partial charge < -0.3 is 10.6 Å². The van der Waals surface area contributed by atoms with Crippen LogP contribution in [0.3, 0.4) is 0 Å². The first-order chi connectivity index (χ1) is 9.39. The van der Waals surface area contributed by atoms with Crippen LogP contribution in [0.2, 0.25) is 0 Å². The van der Waals surface area contributed by atoms with Crippen LogP contribution in [0.4, 0.5) is 5.82 Å². The summed E-state index contributed by atoms with van der Waals surface area (Å²) in [4.78, 5) is 2.23. The van der Waals surface area contributed by atoms with Gasteiger partial charge in [-0.3, -0.25) is 5.41 Å². The third-order valence-corrected chi connectivity index (χ3v) is 4.24. The summed E-state index contributed by atoms with van der Waals surface area (Å²) < 4.78 is 0. The molecule has 5 nitrogen and oxygen atoms in total. The van der Waals surface area contributed by atoms with Crippen molar-refractivity contribution in [1.29, 1.82) is 5.41 Å². The Morgan fingerprint density at radius 1 is 1.35 bits per heavy atom. The van der Waals surface area contributed by atoms with Crippen molar-refractivity contribution in [3.63, 3.8) is 0 Å². The molecule has 0 aliphatic carbocycles. The molecule has 1 fully saturated rings. The van der Waals surface area contributed by atoms with Crippen molar-refractivity contribution >= 4 is 11.7 Å². The van der Waals surface area contributed by atoms with E-state index in [9.17, 15) is 0 Å². The van der Waals surface area contributed by atoms with Crippen molar-refractivity contribution in [3.05, 3.63) is 17.8 Å². The number of nitrogens with two attached hydrogens (primary N) is 1. The number of hydrogen-bond acceptors (Lipinski definition) is 4. The number of nitrogens with zero attached hydrogens (tertiary/aromatic N) is 3. The molecule has 0 aromatic carbocycles. The van der Waals surface area contributed by atoms with Crippen molar-refractivity contribution in [2.75, 3.05) is 18.0 Å². The highest BCUT2D eigenvalue weighted by atomic mass is 15.3. The molecule has 2 heterocycles. The zero-order valence-electron chi connectivity index (χ0n) is 12.7. The van der Waals surface area contributed by atoms with Crippen LogP contribution < -0.4 is 10.6 Å². The van der Waals surface area contributed by atoms with Gasteiger partial charge in [-0.15, -0.1) is 5.10 Å². The SMILES string of the molecule is CC(C)(C)C1CCCN(c2nnccc2C(=N)N)CC1. The Labute approximate surface area is 121 Å². The minimum atomic E-state index is 0.0616. The van der Waals surface area contributed by atoms with E-state index in [1.807, 2.05) is 0 Å². The quantitative estimate of drug-likeness (QED) is 0.641. The number of amidine groups is 1. The second-order valence-electron chi connectivity index (χ2n) is 6.66. The van der Waals surface area contributed by atoms with Crippen LogP contribution in [0.1, 0.15) is 45.6 Å². The number of aromatic nitrogens is 2. The van der Waals surface area contributed by atoms with Gasteiger partial charge in [0, 0.05) is 13.1 Å². The minimum Gasteiger partial charge on any atom is -0.384 e. The first-order valence-corrected chi connectivity index (χ1v) is 7.30. The fourth-order valence-electron chi connectivity index (χ4n) is 2.94. The fourth-order valence-corrected chi connectivity index (χ4v) is 2.94. The molecule has 0 saturated carbocycles. The summed E-state index contributed by atoms with van der Waals surface area (Å²) >= 11 is 0. The van der Waals surface area contributed by atoms with Crippen molar-refractivity contribution in [1.82, 2.24) is 10.2 Å². The summed E-state index contributed by atoms with van der Waals surface area (Å²) in [6.45, 7) is 8.87. The van der Waals surface area contributed by atoms with E-state index in [0.717, 1.165) is 37.7 Å². The minimum absolute atomic E-state index is 0.0616. The van der Waals surface area contributed by atoms with E-state index in [1.54, 1.807) is 12.3 Å². The van der Waals surface area contributed by atoms with Crippen molar-refractivity contribution < 1.29 is 0 Å². The Kier molecular flexibility index (Phi) is 4.26. The summed E-state index contributed by atoms with van der Waals surface area (Å²) in [5.41, 5.74) is 6.68. The molecule has 3 N–H and O–H groups in total. The highest BCUT2D eigenvalue weighted by molar-refractivity contribution is 5.99. The van der Waals surface area contributed by atoms with Gasteiger partial charge in [-0.25, -0.2) is 0 Å². The van der Waals surface area contributed by atoms with Gasteiger partial charge in [-0.2, -0.15) is 5.10 Å². The molecule has 1 saturated heterocycles. The maximum Gasteiger partial charge on any atom is 0.162 e. The third kappa shape index (κ3) is 3.26. The number of rotatable bonds is 2. The van der Waals surface area contributed by atoms with E-state index in [-0.39, 0.29) is 5.84 Å². The zero-order chi connectivity index (χ0) is 14.8. The molecule has 0 spiro atoms. The highest BCUT2D eigenvalue weighted by Gasteiger charge is 2.28. The third-order valence-electron chi connectivity index (χ3n) is 4.24. The highest BCUT2D eigenvalue weighted by Crippen LogP contribution is 2.35. The molecule has 110 valence electrons. The Hall–Kier alpha value is -1.65. The fraction of sp³-hybridized carbons (Fsp3) is 0.667. The van der Waals surface area contributed by atoms with Gasteiger partial charge in [0.25, 0.3) is 0 Å². The van der Waals surface area contributed by atoms with Gasteiger partial charge in [0.2, 0.25) is 0 Å². The molecule has 1 unspecified atom stereocenters. The summed E-state index contributed by atoms with van der Waals surface area (Å²) in [7, 11) is 0. The predicted molar refractivity (Wildman–Crippen MR) is 82.1 cm³/mol. The predicted octanol–water partition coefficient (Wildman–Crippen LogP) is 2.41. The molecule has 1 aromatic heterocycles. The van der Waals surface area contributed by atoms with E-state index in [1.165, 1.54) is 6.42 Å². The molecule has 5 heteroatoms. The Bertz CT molecular complexity index is 477. The Morgan fingerprint density at radius 3 is 2.75 bits per heavy atom. The van der Waals surface area contributed by atoms with Crippen LogP contribution in [0.25, 0.3) is 0 Å². The van der Waals surface area contributed by atoms with E-state index in [2.05, 4.69) is 35.9 Å². The molecule has 1 aromatic rings. The van der Waals surface area contributed by atoms with Crippen molar-refractivity contribution in [2.45, 2.75) is 40.0 Å². The maximum atomic E-state index is 7.67. The van der Waals surface area contributed by atoms with Crippen LogP contribution in [-0.4, -0.2) is 29.1 Å². The lowest BCUT2D eigenvalue weighted by Gasteiger charge is -2.30. The second-order valence-corrected chi connectivity index (χ2v) is 6.66. The number of nitrogen functional groups attached to an aromatic ring is 1. The van der Waals surface area contributed by atoms with Crippen LogP contribution in [0.5, 0.6) is 0 Å². The largest absolute Gasteiger partial charge is 0.384 e. The van der Waals surface area contributed by atoms with Crippen LogP contribution in [0.15, 0.2) is 12.3 Å². The van der Waals surface area contributed by atoms with E-state index in [0.29, 0.717) is 11.0 Å². The maximum absolute atomic E-state index is 7.67. The summed E-state index contributed by atoms with van der Waals surface area (Å²) in [6, 6.07) is 1.77. The standard InChI is InChI=1S/C15H25N5/c1-15(2,3)11-5-4-9-20(10-7-11)14-12(13(16)17)6-8-18-19-14/h6,8,11H,4-5,7,9-10H2,1-3H3,(H3,16,17). The lowest BCUT2D eigenvalue weighted by molar-refractivity contribution is 0.220. The van der Waals surface area contributed by atoms with Crippen LogP contribution in [-0.2, 0) is 0 Å². The normalized spacial score (nSPS) is 20.6. The lowest BCUT2D eigenvalue weighted by atomic mass is 9.77. The second kappa shape index (κ2) is 5.77. The van der Waals surface area contributed by atoms with E-state index < -0.39 is 0 Å². The van der Waals surface area contributed by atoms with Gasteiger partial charge in [0.15, 0.2) is 5.82 Å². The van der Waals surface area contributed by atoms with Crippen LogP contribution >= 0.6 is 0 Å². The average molecular weight is 275 g/mol.